The van der Waals surface area contributed by atoms with Crippen LogP contribution in [0.15, 0.2) is 53.4 Å². The largest absolute Gasteiger partial charge is 0.493 e. The molecule has 2 aromatic carbocycles. The predicted octanol–water partition coefficient (Wildman–Crippen LogP) is 4.51. The molecule has 0 atom stereocenters. The Hall–Kier alpha value is -3.04. The Bertz CT molecular complexity index is 997. The molecule has 0 aliphatic carbocycles. The first kappa shape index (κ1) is 21.7. The maximum atomic E-state index is 12.3. The second kappa shape index (κ2) is 10.7. The Balaban J connectivity index is 1.60. The van der Waals surface area contributed by atoms with Crippen LogP contribution in [0, 0.1) is 0 Å². The third kappa shape index (κ3) is 5.74. The van der Waals surface area contributed by atoms with Gasteiger partial charge in [-0.15, -0.1) is 22.0 Å². The molecule has 0 saturated carbocycles. The lowest BCUT2D eigenvalue weighted by atomic mass is 10.1. The molecule has 0 aliphatic rings. The first-order chi connectivity index (χ1) is 14.6. The highest BCUT2D eigenvalue weighted by molar-refractivity contribution is 7.98. The smallest absolute Gasteiger partial charge is 0.250 e. The molecule has 0 saturated heterocycles. The number of rotatable bonds is 9. The Morgan fingerprint density at radius 2 is 1.77 bits per heavy atom. The summed E-state index contributed by atoms with van der Waals surface area (Å²) in [6.45, 7) is 0. The number of nitrogens with zero attached hydrogens (tertiary/aromatic N) is 2. The average molecular weight is 444 g/mol. The molecular weight excluding hydrogens is 422 g/mol. The Morgan fingerprint density at radius 1 is 1.07 bits per heavy atom. The Labute approximate surface area is 183 Å². The number of carbonyl (C=O) groups is 1. The second-order valence-corrected chi connectivity index (χ2v) is 7.99. The fraction of sp³-hybridized carbons (Fsp3) is 0.190. The summed E-state index contributed by atoms with van der Waals surface area (Å²) in [6, 6.07) is 13.6. The minimum absolute atomic E-state index is 0.304. The number of ether oxygens (including phenoxy) is 3. The summed E-state index contributed by atoms with van der Waals surface area (Å²) in [4.78, 5) is 13.4. The fourth-order valence-electron chi connectivity index (χ4n) is 2.54. The zero-order chi connectivity index (χ0) is 21.3. The molecule has 1 amide bonds. The molecule has 156 valence electrons. The summed E-state index contributed by atoms with van der Waals surface area (Å²) in [7, 11) is 4.62. The van der Waals surface area contributed by atoms with Crippen molar-refractivity contribution in [3.63, 3.8) is 0 Å². The van der Waals surface area contributed by atoms with Crippen molar-refractivity contribution >= 4 is 40.2 Å². The summed E-state index contributed by atoms with van der Waals surface area (Å²) in [5.74, 6) is 1.92. The van der Waals surface area contributed by atoms with Crippen LogP contribution < -0.4 is 19.5 Å². The van der Waals surface area contributed by atoms with Crippen molar-refractivity contribution in [2.45, 2.75) is 10.6 Å². The molecule has 3 aromatic rings. The maximum absolute atomic E-state index is 12.3. The van der Waals surface area contributed by atoms with Crippen LogP contribution in [0.1, 0.15) is 10.6 Å². The van der Waals surface area contributed by atoms with Gasteiger partial charge in [0.25, 0.3) is 0 Å². The van der Waals surface area contributed by atoms with E-state index in [2.05, 4.69) is 15.5 Å². The van der Waals surface area contributed by atoms with Crippen LogP contribution in [0.25, 0.3) is 6.08 Å². The zero-order valence-electron chi connectivity index (χ0n) is 16.7. The Morgan fingerprint density at radius 3 is 2.40 bits per heavy atom. The molecule has 1 N–H and O–H groups in total. The molecule has 1 aromatic heterocycles. The standard InChI is InChI=1S/C21H21N3O4S2/c1-26-16-11-14(12-17(27-2)20(16)28-3)9-10-18(25)22-21-24-23-19(30-21)13-29-15-7-5-4-6-8-15/h4-12H,13H2,1-3H3,(H,22,24,25)/b10-9+. The molecule has 3 rings (SSSR count). The van der Waals surface area contributed by atoms with Gasteiger partial charge < -0.3 is 14.2 Å². The first-order valence-electron chi connectivity index (χ1n) is 8.92. The summed E-state index contributed by atoms with van der Waals surface area (Å²) >= 11 is 3.02. The number of amides is 1. The highest BCUT2D eigenvalue weighted by Crippen LogP contribution is 2.38. The van der Waals surface area contributed by atoms with Gasteiger partial charge in [-0.3, -0.25) is 10.1 Å². The number of carbonyl (C=O) groups excluding carboxylic acids is 1. The fourth-order valence-corrected chi connectivity index (χ4v) is 4.19. The van der Waals surface area contributed by atoms with E-state index in [1.54, 1.807) is 44.2 Å². The number of nitrogens with one attached hydrogen (secondary N) is 1. The van der Waals surface area contributed by atoms with Crippen molar-refractivity contribution in [1.29, 1.82) is 0 Å². The van der Waals surface area contributed by atoms with E-state index >= 15 is 0 Å². The van der Waals surface area contributed by atoms with E-state index in [1.807, 2.05) is 30.3 Å². The topological polar surface area (TPSA) is 82.6 Å². The van der Waals surface area contributed by atoms with E-state index in [9.17, 15) is 4.79 Å². The van der Waals surface area contributed by atoms with Gasteiger partial charge in [-0.2, -0.15) is 0 Å². The Kier molecular flexibility index (Phi) is 7.69. The van der Waals surface area contributed by atoms with E-state index in [1.165, 1.54) is 24.5 Å². The van der Waals surface area contributed by atoms with E-state index in [4.69, 9.17) is 14.2 Å². The van der Waals surface area contributed by atoms with Gasteiger partial charge in [0, 0.05) is 11.0 Å². The number of methoxy groups -OCH3 is 3. The van der Waals surface area contributed by atoms with Gasteiger partial charge in [0.05, 0.1) is 27.1 Å². The summed E-state index contributed by atoms with van der Waals surface area (Å²) in [5, 5.41) is 12.2. The third-order valence-corrected chi connectivity index (χ3v) is 5.96. The van der Waals surface area contributed by atoms with Crippen molar-refractivity contribution in [3.05, 3.63) is 59.1 Å². The van der Waals surface area contributed by atoms with Crippen LogP contribution in [0.2, 0.25) is 0 Å². The maximum Gasteiger partial charge on any atom is 0.250 e. The van der Waals surface area contributed by atoms with Crippen molar-refractivity contribution in [2.75, 3.05) is 26.6 Å². The van der Waals surface area contributed by atoms with Crippen molar-refractivity contribution in [2.24, 2.45) is 0 Å². The molecule has 1 heterocycles. The first-order valence-corrected chi connectivity index (χ1v) is 10.7. The second-order valence-electron chi connectivity index (χ2n) is 5.88. The van der Waals surface area contributed by atoms with E-state index in [0.717, 1.165) is 15.5 Å². The highest BCUT2D eigenvalue weighted by Gasteiger charge is 2.12. The number of hydrogen-bond acceptors (Lipinski definition) is 8. The number of anilines is 1. The molecular formula is C21H21N3O4S2. The summed E-state index contributed by atoms with van der Waals surface area (Å²) in [5.41, 5.74) is 0.733. The van der Waals surface area contributed by atoms with Gasteiger partial charge >= 0.3 is 0 Å². The third-order valence-electron chi connectivity index (χ3n) is 3.92. The molecule has 0 aliphatic heterocycles. The molecule has 0 radical (unpaired) electrons. The van der Waals surface area contributed by atoms with Gasteiger partial charge in [-0.05, 0) is 35.9 Å². The zero-order valence-corrected chi connectivity index (χ0v) is 18.4. The van der Waals surface area contributed by atoms with E-state index in [-0.39, 0.29) is 5.91 Å². The SMILES string of the molecule is COc1cc(/C=C/C(=O)Nc2nnc(CSc3ccccc3)s2)cc(OC)c1OC. The molecule has 0 unspecified atom stereocenters. The van der Waals surface area contributed by atoms with Crippen molar-refractivity contribution in [1.82, 2.24) is 10.2 Å². The molecule has 0 fully saturated rings. The molecule has 30 heavy (non-hydrogen) atoms. The van der Waals surface area contributed by atoms with Gasteiger partial charge in [0.1, 0.15) is 5.01 Å². The lowest BCUT2D eigenvalue weighted by molar-refractivity contribution is -0.111. The number of thioether (sulfide) groups is 1. The van der Waals surface area contributed by atoms with E-state index in [0.29, 0.717) is 28.1 Å². The predicted molar refractivity (Wildman–Crippen MR) is 120 cm³/mol. The molecule has 0 spiro atoms. The quantitative estimate of drug-likeness (QED) is 0.385. The number of aromatic nitrogens is 2. The lowest BCUT2D eigenvalue weighted by Crippen LogP contribution is -2.07. The highest BCUT2D eigenvalue weighted by atomic mass is 32.2. The van der Waals surface area contributed by atoms with Crippen LogP contribution >= 0.6 is 23.1 Å². The minimum atomic E-state index is -0.304. The van der Waals surface area contributed by atoms with Crippen LogP contribution in [-0.4, -0.2) is 37.4 Å². The van der Waals surface area contributed by atoms with Gasteiger partial charge in [0.15, 0.2) is 11.5 Å². The van der Waals surface area contributed by atoms with Crippen LogP contribution in [-0.2, 0) is 10.5 Å². The molecule has 0 bridgehead atoms. The van der Waals surface area contributed by atoms with Crippen LogP contribution in [0.5, 0.6) is 17.2 Å². The van der Waals surface area contributed by atoms with Crippen LogP contribution in [0.4, 0.5) is 5.13 Å². The summed E-state index contributed by atoms with van der Waals surface area (Å²) in [6.07, 6.45) is 3.08. The van der Waals surface area contributed by atoms with Gasteiger partial charge in [-0.25, -0.2) is 0 Å². The minimum Gasteiger partial charge on any atom is -0.493 e. The van der Waals surface area contributed by atoms with Crippen molar-refractivity contribution < 1.29 is 19.0 Å². The normalized spacial score (nSPS) is 10.8. The number of hydrogen-bond donors (Lipinski definition) is 1. The van der Waals surface area contributed by atoms with Crippen LogP contribution in [0.3, 0.4) is 0 Å². The molecule has 9 heteroatoms. The van der Waals surface area contributed by atoms with E-state index < -0.39 is 0 Å². The van der Waals surface area contributed by atoms with Crippen molar-refractivity contribution in [3.8, 4) is 17.2 Å². The number of benzene rings is 2. The monoisotopic (exact) mass is 443 g/mol. The molecule has 7 nitrogen and oxygen atoms in total. The lowest BCUT2D eigenvalue weighted by Gasteiger charge is -2.12. The van der Waals surface area contributed by atoms with Gasteiger partial charge in [-0.1, -0.05) is 29.5 Å². The summed E-state index contributed by atoms with van der Waals surface area (Å²) < 4.78 is 15.9. The van der Waals surface area contributed by atoms with Gasteiger partial charge in [0.2, 0.25) is 16.8 Å². The average Bonchev–Trinajstić information content (AvgIpc) is 3.23.